The summed E-state index contributed by atoms with van der Waals surface area (Å²) in [5, 5.41) is 7.40. The Morgan fingerprint density at radius 2 is 2.10 bits per heavy atom. The van der Waals surface area contributed by atoms with E-state index in [2.05, 4.69) is 36.9 Å². The van der Waals surface area contributed by atoms with E-state index in [0.29, 0.717) is 0 Å². The minimum atomic E-state index is 0.727. The Hall–Kier alpha value is -2.70. The van der Waals surface area contributed by atoms with Gasteiger partial charge in [-0.3, -0.25) is 0 Å². The zero-order valence-electron chi connectivity index (χ0n) is 11.8. The largest absolute Gasteiger partial charge is 0.378 e. The molecule has 3 heterocycles. The van der Waals surface area contributed by atoms with Gasteiger partial charge in [0, 0.05) is 12.7 Å². The Labute approximate surface area is 122 Å². The van der Waals surface area contributed by atoms with Crippen LogP contribution in [0.3, 0.4) is 0 Å². The molecule has 3 aromatic rings. The molecule has 0 amide bonds. The fourth-order valence-electron chi connectivity index (χ4n) is 2.08. The summed E-state index contributed by atoms with van der Waals surface area (Å²) in [6, 6.07) is 3.88. The smallest absolute Gasteiger partial charge is 0.155 e. The van der Waals surface area contributed by atoms with Gasteiger partial charge in [0.2, 0.25) is 0 Å². The molecule has 0 aliphatic carbocycles. The number of nitrogens with one attached hydrogen (secondary N) is 1. The zero-order valence-corrected chi connectivity index (χ0v) is 11.8. The van der Waals surface area contributed by atoms with Gasteiger partial charge in [-0.25, -0.2) is 19.6 Å². The lowest BCUT2D eigenvalue weighted by Crippen LogP contribution is -2.07. The normalized spacial score (nSPS) is 10.7. The molecule has 0 aliphatic rings. The molecular weight excluding hydrogens is 266 g/mol. The molecular formula is C14H17N7. The van der Waals surface area contributed by atoms with Crippen LogP contribution in [0.4, 0.5) is 5.69 Å². The van der Waals surface area contributed by atoms with Crippen molar-refractivity contribution in [3.8, 4) is 5.82 Å². The van der Waals surface area contributed by atoms with Crippen LogP contribution in [0, 0.1) is 0 Å². The average Bonchev–Trinajstić information content (AvgIpc) is 3.18. The number of imidazole rings is 1. The van der Waals surface area contributed by atoms with E-state index in [1.54, 1.807) is 17.2 Å². The molecule has 0 unspecified atom stereocenters. The van der Waals surface area contributed by atoms with Gasteiger partial charge in [0.25, 0.3) is 0 Å². The highest BCUT2D eigenvalue weighted by molar-refractivity contribution is 5.43. The van der Waals surface area contributed by atoms with Gasteiger partial charge in [0.15, 0.2) is 5.82 Å². The first kappa shape index (κ1) is 13.3. The number of nitrogens with zero attached hydrogens (tertiary/aromatic N) is 6. The van der Waals surface area contributed by atoms with Crippen LogP contribution in [0.15, 0.2) is 43.5 Å². The number of anilines is 1. The molecule has 0 fully saturated rings. The second-order valence-electron chi connectivity index (χ2n) is 4.68. The van der Waals surface area contributed by atoms with Crippen LogP contribution in [0.1, 0.15) is 19.0 Å². The van der Waals surface area contributed by atoms with Gasteiger partial charge in [-0.05, 0) is 18.6 Å². The highest BCUT2D eigenvalue weighted by atomic mass is 15.3. The molecule has 21 heavy (non-hydrogen) atoms. The number of pyridine rings is 1. The van der Waals surface area contributed by atoms with Crippen molar-refractivity contribution in [3.63, 3.8) is 0 Å². The van der Waals surface area contributed by atoms with Crippen molar-refractivity contribution >= 4 is 5.69 Å². The third-order valence-corrected chi connectivity index (χ3v) is 3.14. The second-order valence-corrected chi connectivity index (χ2v) is 4.68. The van der Waals surface area contributed by atoms with Crippen LogP contribution in [0.25, 0.3) is 5.82 Å². The highest BCUT2D eigenvalue weighted by Gasteiger charge is 2.02. The molecule has 1 N–H and O–H groups in total. The molecule has 0 aliphatic heterocycles. The Morgan fingerprint density at radius 1 is 1.14 bits per heavy atom. The number of hydrogen-bond donors (Lipinski definition) is 1. The molecule has 0 saturated heterocycles. The molecule has 108 valence electrons. The highest BCUT2D eigenvalue weighted by Crippen LogP contribution is 2.10. The van der Waals surface area contributed by atoms with E-state index in [4.69, 9.17) is 0 Å². The summed E-state index contributed by atoms with van der Waals surface area (Å²) in [5.74, 6) is 0.745. The van der Waals surface area contributed by atoms with Crippen molar-refractivity contribution < 1.29 is 0 Å². The Bertz CT molecular complexity index is 670. The fourth-order valence-corrected chi connectivity index (χ4v) is 2.08. The molecule has 0 bridgehead atoms. The van der Waals surface area contributed by atoms with Gasteiger partial charge < -0.3 is 9.88 Å². The minimum Gasteiger partial charge on any atom is -0.378 e. The first-order valence-corrected chi connectivity index (χ1v) is 6.90. The Kier molecular flexibility index (Phi) is 3.90. The molecule has 0 atom stereocenters. The van der Waals surface area contributed by atoms with E-state index >= 15 is 0 Å². The second kappa shape index (κ2) is 6.17. The summed E-state index contributed by atoms with van der Waals surface area (Å²) in [7, 11) is 0. The summed E-state index contributed by atoms with van der Waals surface area (Å²) in [5.41, 5.74) is 2.13. The van der Waals surface area contributed by atoms with Crippen molar-refractivity contribution in [3.05, 3.63) is 49.2 Å². The van der Waals surface area contributed by atoms with E-state index in [0.717, 1.165) is 36.7 Å². The van der Waals surface area contributed by atoms with Crippen LogP contribution in [-0.2, 0) is 13.1 Å². The molecule has 7 heteroatoms. The zero-order chi connectivity index (χ0) is 14.5. The Morgan fingerprint density at radius 3 is 2.81 bits per heavy atom. The van der Waals surface area contributed by atoms with Gasteiger partial charge in [0.1, 0.15) is 12.7 Å². The van der Waals surface area contributed by atoms with Crippen molar-refractivity contribution in [2.45, 2.75) is 26.4 Å². The van der Waals surface area contributed by atoms with Crippen LogP contribution in [0.5, 0.6) is 0 Å². The van der Waals surface area contributed by atoms with E-state index in [-0.39, 0.29) is 0 Å². The topological polar surface area (TPSA) is 73.5 Å². The predicted molar refractivity (Wildman–Crippen MR) is 79.0 cm³/mol. The predicted octanol–water partition coefficient (Wildman–Crippen LogP) is 1.88. The molecule has 3 rings (SSSR count). The van der Waals surface area contributed by atoms with E-state index in [1.807, 2.05) is 24.7 Å². The van der Waals surface area contributed by atoms with Gasteiger partial charge in [0.05, 0.1) is 30.5 Å². The third-order valence-electron chi connectivity index (χ3n) is 3.14. The van der Waals surface area contributed by atoms with Crippen molar-refractivity contribution in [1.82, 2.24) is 29.3 Å². The minimum absolute atomic E-state index is 0.727. The molecule has 7 nitrogen and oxygen atoms in total. The molecule has 0 radical (unpaired) electrons. The number of rotatable bonds is 6. The summed E-state index contributed by atoms with van der Waals surface area (Å²) in [4.78, 5) is 12.4. The summed E-state index contributed by atoms with van der Waals surface area (Å²) in [6.45, 7) is 3.87. The van der Waals surface area contributed by atoms with Crippen LogP contribution >= 0.6 is 0 Å². The van der Waals surface area contributed by atoms with Crippen molar-refractivity contribution in [2.24, 2.45) is 0 Å². The SMILES string of the molecule is CCCn1cncc1CNc1ccc(-n2cncn2)nc1. The van der Waals surface area contributed by atoms with Crippen molar-refractivity contribution in [2.75, 3.05) is 5.32 Å². The Balaban J connectivity index is 1.64. The van der Waals surface area contributed by atoms with Crippen LogP contribution in [-0.4, -0.2) is 29.3 Å². The molecule has 3 aromatic heterocycles. The van der Waals surface area contributed by atoms with Gasteiger partial charge in [-0.2, -0.15) is 5.10 Å². The van der Waals surface area contributed by atoms with E-state index < -0.39 is 0 Å². The molecule has 0 aromatic carbocycles. The maximum absolute atomic E-state index is 4.36. The lowest BCUT2D eigenvalue weighted by atomic mass is 10.3. The van der Waals surface area contributed by atoms with E-state index in [1.165, 1.54) is 6.33 Å². The third kappa shape index (κ3) is 3.07. The maximum atomic E-state index is 4.36. The summed E-state index contributed by atoms with van der Waals surface area (Å²) in [6.07, 6.45) is 9.75. The van der Waals surface area contributed by atoms with E-state index in [9.17, 15) is 0 Å². The van der Waals surface area contributed by atoms with Gasteiger partial charge in [-0.1, -0.05) is 6.92 Å². The summed E-state index contributed by atoms with van der Waals surface area (Å²) < 4.78 is 3.78. The maximum Gasteiger partial charge on any atom is 0.155 e. The molecule has 0 spiro atoms. The monoisotopic (exact) mass is 283 g/mol. The summed E-state index contributed by atoms with van der Waals surface area (Å²) >= 11 is 0. The number of aromatic nitrogens is 6. The quantitative estimate of drug-likeness (QED) is 0.747. The number of hydrogen-bond acceptors (Lipinski definition) is 5. The lowest BCUT2D eigenvalue weighted by molar-refractivity contribution is 0.651. The first-order chi connectivity index (χ1) is 10.4. The average molecular weight is 283 g/mol. The standard InChI is InChI=1S/C14H17N7/c1-2-5-20-10-15-7-13(20)8-17-12-3-4-14(18-6-12)21-11-16-9-19-21/h3-4,6-7,9-11,17H,2,5,8H2,1H3. The number of aryl methyl sites for hydroxylation is 1. The lowest BCUT2D eigenvalue weighted by Gasteiger charge is -2.09. The van der Waals surface area contributed by atoms with Crippen molar-refractivity contribution in [1.29, 1.82) is 0 Å². The fraction of sp³-hybridized carbons (Fsp3) is 0.286. The van der Waals surface area contributed by atoms with Crippen LogP contribution in [0.2, 0.25) is 0 Å². The first-order valence-electron chi connectivity index (χ1n) is 6.90. The van der Waals surface area contributed by atoms with Gasteiger partial charge >= 0.3 is 0 Å². The van der Waals surface area contributed by atoms with Gasteiger partial charge in [-0.15, -0.1) is 0 Å². The van der Waals surface area contributed by atoms with Crippen LogP contribution < -0.4 is 5.32 Å². The molecule has 0 saturated carbocycles.